The van der Waals surface area contributed by atoms with E-state index in [4.69, 9.17) is 0 Å². The molecule has 0 bridgehead atoms. The number of nitrogens with zero attached hydrogens (tertiary/aromatic N) is 2. The number of amides is 1. The van der Waals surface area contributed by atoms with Crippen molar-refractivity contribution in [1.82, 2.24) is 9.88 Å². The Morgan fingerprint density at radius 3 is 2.29 bits per heavy atom. The number of benzene rings is 3. The second-order valence-corrected chi connectivity index (χ2v) is 9.66. The maximum Gasteiger partial charge on any atom is 0.261 e. The molecule has 1 heterocycles. The number of hydrogen-bond donors (Lipinski definition) is 1. The number of rotatable bonds is 8. The van der Waals surface area contributed by atoms with Crippen molar-refractivity contribution in [2.45, 2.75) is 24.9 Å². The summed E-state index contributed by atoms with van der Waals surface area (Å²) in [5.41, 5.74) is 3.19. The monoisotopic (exact) mass is 471 g/mol. The highest BCUT2D eigenvalue weighted by atomic mass is 32.2. The van der Waals surface area contributed by atoms with E-state index in [-0.39, 0.29) is 22.1 Å². The third-order valence-corrected chi connectivity index (χ3v) is 6.66. The summed E-state index contributed by atoms with van der Waals surface area (Å²) >= 11 is 0. The van der Waals surface area contributed by atoms with E-state index in [0.717, 1.165) is 16.7 Å². The first-order valence-corrected chi connectivity index (χ1v) is 12.3. The average molecular weight is 472 g/mol. The molecule has 172 valence electrons. The van der Waals surface area contributed by atoms with Crippen LogP contribution in [0, 0.1) is 6.92 Å². The largest absolute Gasteiger partial charge is 0.330 e. The van der Waals surface area contributed by atoms with Crippen LogP contribution >= 0.6 is 0 Å². The topological polar surface area (TPSA) is 79.4 Å². The molecule has 0 aliphatic rings. The van der Waals surface area contributed by atoms with Crippen LogP contribution in [0.1, 0.15) is 27.0 Å². The molecular formula is C27H25N3O3S. The highest BCUT2D eigenvalue weighted by Gasteiger charge is 2.23. The maximum absolute atomic E-state index is 13.7. The lowest BCUT2D eigenvalue weighted by atomic mass is 10.1. The second kappa shape index (κ2) is 10.3. The molecule has 0 atom stereocenters. The molecule has 0 unspecified atom stereocenters. The van der Waals surface area contributed by atoms with Crippen molar-refractivity contribution in [2.24, 2.45) is 0 Å². The van der Waals surface area contributed by atoms with Gasteiger partial charge in [0.15, 0.2) is 0 Å². The Bertz CT molecular complexity index is 1330. The van der Waals surface area contributed by atoms with Crippen LogP contribution in [0.2, 0.25) is 0 Å². The van der Waals surface area contributed by atoms with Crippen LogP contribution in [0.25, 0.3) is 0 Å². The molecule has 0 spiro atoms. The number of nitrogens with one attached hydrogen (secondary N) is 1. The van der Waals surface area contributed by atoms with E-state index in [1.54, 1.807) is 53.7 Å². The molecule has 34 heavy (non-hydrogen) atoms. The molecule has 0 radical (unpaired) electrons. The predicted octanol–water partition coefficient (Wildman–Crippen LogP) is 5.03. The highest BCUT2D eigenvalue weighted by Crippen LogP contribution is 2.24. The summed E-state index contributed by atoms with van der Waals surface area (Å²) < 4.78 is 28.7. The molecule has 0 aliphatic heterocycles. The third-order valence-electron chi connectivity index (χ3n) is 5.30. The lowest BCUT2D eigenvalue weighted by Crippen LogP contribution is -2.31. The molecule has 4 aromatic rings. The Kier molecular flexibility index (Phi) is 7.04. The van der Waals surface area contributed by atoms with Gasteiger partial charge in [-0.15, -0.1) is 0 Å². The molecule has 4 rings (SSSR count). The van der Waals surface area contributed by atoms with Crippen molar-refractivity contribution in [3.63, 3.8) is 0 Å². The van der Waals surface area contributed by atoms with E-state index < -0.39 is 10.0 Å². The number of carbonyl (C=O) groups excluding carboxylic acids is 1. The number of carbonyl (C=O) groups is 1. The number of sulfonamides is 1. The Morgan fingerprint density at radius 1 is 0.853 bits per heavy atom. The van der Waals surface area contributed by atoms with Gasteiger partial charge in [-0.05, 0) is 53.9 Å². The van der Waals surface area contributed by atoms with Crippen molar-refractivity contribution >= 4 is 21.6 Å². The number of anilines is 1. The first-order valence-electron chi connectivity index (χ1n) is 10.8. The zero-order valence-corrected chi connectivity index (χ0v) is 19.6. The van der Waals surface area contributed by atoms with E-state index in [9.17, 15) is 13.2 Å². The Hall–Kier alpha value is -3.97. The zero-order valence-electron chi connectivity index (χ0n) is 18.8. The SMILES string of the molecule is Cc1cccc(S(=O)(=O)Nc2ccccc2C(=O)N(Cc2ccccc2)Cc2cccnc2)c1. The Morgan fingerprint density at radius 2 is 1.56 bits per heavy atom. The van der Waals surface area contributed by atoms with Crippen molar-refractivity contribution in [3.8, 4) is 0 Å². The standard InChI is InChI=1S/C27H25N3O3S/c1-21-9-7-13-24(17-21)34(32,33)29-26-15-6-5-14-25(26)27(31)30(19-22-10-3-2-4-11-22)20-23-12-8-16-28-18-23/h2-18,29H,19-20H2,1H3. The lowest BCUT2D eigenvalue weighted by Gasteiger charge is -2.24. The van der Waals surface area contributed by atoms with Crippen LogP contribution in [-0.2, 0) is 23.1 Å². The van der Waals surface area contributed by atoms with Gasteiger partial charge < -0.3 is 4.90 Å². The molecule has 0 saturated heterocycles. The van der Waals surface area contributed by atoms with E-state index in [0.29, 0.717) is 13.1 Å². The van der Waals surface area contributed by atoms with Crippen molar-refractivity contribution in [2.75, 3.05) is 4.72 Å². The fourth-order valence-corrected chi connectivity index (χ4v) is 4.81. The van der Waals surface area contributed by atoms with E-state index in [2.05, 4.69) is 9.71 Å². The van der Waals surface area contributed by atoms with Gasteiger partial charge in [-0.3, -0.25) is 14.5 Å². The van der Waals surface area contributed by atoms with Crippen molar-refractivity contribution in [1.29, 1.82) is 0 Å². The number of aromatic nitrogens is 1. The highest BCUT2D eigenvalue weighted by molar-refractivity contribution is 7.92. The van der Waals surface area contributed by atoms with Gasteiger partial charge in [0.05, 0.1) is 16.1 Å². The normalized spacial score (nSPS) is 11.1. The summed E-state index contributed by atoms with van der Waals surface area (Å²) in [7, 11) is -3.87. The summed E-state index contributed by atoms with van der Waals surface area (Å²) in [5, 5.41) is 0. The zero-order chi connectivity index (χ0) is 24.0. The summed E-state index contributed by atoms with van der Waals surface area (Å²) in [6.07, 6.45) is 3.40. The second-order valence-electron chi connectivity index (χ2n) is 7.98. The smallest absolute Gasteiger partial charge is 0.261 e. The fourth-order valence-electron chi connectivity index (χ4n) is 3.63. The van der Waals surface area contributed by atoms with Gasteiger partial charge in [-0.2, -0.15) is 0 Å². The van der Waals surface area contributed by atoms with Gasteiger partial charge >= 0.3 is 0 Å². The van der Waals surface area contributed by atoms with E-state index >= 15 is 0 Å². The summed E-state index contributed by atoms with van der Waals surface area (Å²) in [4.78, 5) is 19.7. The minimum absolute atomic E-state index is 0.145. The van der Waals surface area contributed by atoms with Gasteiger partial charge in [0.2, 0.25) is 0 Å². The first-order chi connectivity index (χ1) is 16.4. The van der Waals surface area contributed by atoms with Crippen LogP contribution in [-0.4, -0.2) is 24.2 Å². The number of hydrogen-bond acceptors (Lipinski definition) is 4. The molecular weight excluding hydrogens is 446 g/mol. The summed E-state index contributed by atoms with van der Waals surface area (Å²) in [5.74, 6) is -0.282. The van der Waals surface area contributed by atoms with Crippen molar-refractivity contribution < 1.29 is 13.2 Å². The van der Waals surface area contributed by atoms with E-state index in [1.807, 2.05) is 55.5 Å². The minimum Gasteiger partial charge on any atom is -0.330 e. The van der Waals surface area contributed by atoms with Crippen LogP contribution in [0.15, 0.2) is 108 Å². The van der Waals surface area contributed by atoms with Gasteiger partial charge in [-0.25, -0.2) is 8.42 Å². The van der Waals surface area contributed by atoms with Crippen LogP contribution in [0.3, 0.4) is 0 Å². The molecule has 6 nitrogen and oxygen atoms in total. The van der Waals surface area contributed by atoms with Crippen LogP contribution < -0.4 is 4.72 Å². The molecule has 7 heteroatoms. The molecule has 1 amide bonds. The first kappa shape index (κ1) is 23.2. The molecule has 3 aromatic carbocycles. The van der Waals surface area contributed by atoms with Crippen LogP contribution in [0.5, 0.6) is 0 Å². The summed E-state index contributed by atoms with van der Waals surface area (Å²) in [6, 6.07) is 26.7. The minimum atomic E-state index is -3.87. The van der Waals surface area contributed by atoms with Gasteiger partial charge in [0.25, 0.3) is 15.9 Å². The fraction of sp³-hybridized carbons (Fsp3) is 0.111. The van der Waals surface area contributed by atoms with Gasteiger partial charge in [-0.1, -0.05) is 60.7 Å². The molecule has 0 saturated carbocycles. The number of para-hydroxylation sites is 1. The quantitative estimate of drug-likeness (QED) is 0.391. The van der Waals surface area contributed by atoms with Gasteiger partial charge in [0, 0.05) is 25.5 Å². The Labute approximate surface area is 200 Å². The maximum atomic E-state index is 13.7. The predicted molar refractivity (Wildman–Crippen MR) is 133 cm³/mol. The molecule has 0 fully saturated rings. The average Bonchev–Trinajstić information content (AvgIpc) is 2.85. The van der Waals surface area contributed by atoms with E-state index in [1.165, 1.54) is 6.07 Å². The lowest BCUT2D eigenvalue weighted by molar-refractivity contribution is 0.0731. The molecule has 0 aliphatic carbocycles. The molecule has 1 N–H and O–H groups in total. The third kappa shape index (κ3) is 5.68. The van der Waals surface area contributed by atoms with Crippen LogP contribution in [0.4, 0.5) is 5.69 Å². The Balaban J connectivity index is 1.66. The summed E-state index contributed by atoms with van der Waals surface area (Å²) in [6.45, 7) is 2.53. The van der Waals surface area contributed by atoms with Crippen molar-refractivity contribution in [3.05, 3.63) is 126 Å². The molecule has 1 aromatic heterocycles. The van der Waals surface area contributed by atoms with Gasteiger partial charge in [0.1, 0.15) is 0 Å². The number of pyridine rings is 1. The number of aryl methyl sites for hydroxylation is 1.